The largest absolute Gasteiger partial charge is 0.385 e. The number of likely N-dealkylation sites (tertiary alicyclic amines) is 1. The van der Waals surface area contributed by atoms with E-state index in [4.69, 9.17) is 15.9 Å². The van der Waals surface area contributed by atoms with Crippen molar-refractivity contribution in [3.05, 3.63) is 0 Å². The normalized spacial score (nSPS) is 25.5. The van der Waals surface area contributed by atoms with Gasteiger partial charge in [0.05, 0.1) is 6.61 Å². The molecule has 2 fully saturated rings. The Balaban J connectivity index is 1.66. The van der Waals surface area contributed by atoms with E-state index in [9.17, 15) is 0 Å². The number of hydrogen-bond acceptors (Lipinski definition) is 3. The van der Waals surface area contributed by atoms with Crippen molar-refractivity contribution in [3.8, 4) is 0 Å². The minimum atomic E-state index is -0.238. The minimum Gasteiger partial charge on any atom is -0.385 e. The summed E-state index contributed by atoms with van der Waals surface area (Å²) in [7, 11) is 0. The zero-order chi connectivity index (χ0) is 12.3. The van der Waals surface area contributed by atoms with Crippen LogP contribution in [-0.4, -0.2) is 43.1 Å². The van der Waals surface area contributed by atoms with Crippen LogP contribution in [0.25, 0.3) is 0 Å². The third-order valence-electron chi connectivity index (χ3n) is 4.39. The molecule has 17 heavy (non-hydrogen) atoms. The van der Waals surface area contributed by atoms with Gasteiger partial charge < -0.3 is 15.4 Å². The fourth-order valence-electron chi connectivity index (χ4n) is 3.20. The van der Waals surface area contributed by atoms with E-state index in [2.05, 4.69) is 4.90 Å². The summed E-state index contributed by atoms with van der Waals surface area (Å²) in [5.41, 5.74) is 6.01. The molecule has 1 unspecified atom stereocenters. The van der Waals surface area contributed by atoms with Gasteiger partial charge in [0.15, 0.2) is 0 Å². The second-order valence-corrected chi connectivity index (χ2v) is 5.70. The van der Waals surface area contributed by atoms with Crippen molar-refractivity contribution in [2.75, 3.05) is 26.2 Å². The van der Waals surface area contributed by atoms with Crippen LogP contribution in [0.5, 0.6) is 0 Å². The lowest BCUT2D eigenvalue weighted by molar-refractivity contribution is 0.0859. The number of amidine groups is 1. The number of hydrogen-bond donors (Lipinski definition) is 2. The molecule has 0 aromatic rings. The average Bonchev–Trinajstić information content (AvgIpc) is 2.90. The number of rotatable bonds is 5. The highest BCUT2D eigenvalue weighted by Crippen LogP contribution is 2.45. The van der Waals surface area contributed by atoms with Gasteiger partial charge in [0.1, 0.15) is 11.9 Å². The zero-order valence-corrected chi connectivity index (χ0v) is 10.9. The van der Waals surface area contributed by atoms with Gasteiger partial charge in [0.2, 0.25) is 0 Å². The molecule has 1 aliphatic heterocycles. The first kappa shape index (κ1) is 12.8. The maximum atomic E-state index is 7.26. The summed E-state index contributed by atoms with van der Waals surface area (Å²) in [5, 5.41) is 7.26. The van der Waals surface area contributed by atoms with Crippen molar-refractivity contribution in [2.45, 2.75) is 45.1 Å². The van der Waals surface area contributed by atoms with Crippen LogP contribution in [0, 0.1) is 10.8 Å². The molecule has 4 nitrogen and oxygen atoms in total. The fraction of sp³-hybridized carbons (Fsp3) is 0.923. The van der Waals surface area contributed by atoms with Gasteiger partial charge in [-0.3, -0.25) is 5.41 Å². The molecule has 3 N–H and O–H groups in total. The van der Waals surface area contributed by atoms with Crippen LogP contribution in [0.1, 0.15) is 39.0 Å². The summed E-state index contributed by atoms with van der Waals surface area (Å²) in [5.74, 6) is 0.124. The highest BCUT2D eigenvalue weighted by molar-refractivity contribution is 5.81. The fourth-order valence-corrected chi connectivity index (χ4v) is 3.20. The van der Waals surface area contributed by atoms with Crippen LogP contribution >= 0.6 is 0 Å². The van der Waals surface area contributed by atoms with Gasteiger partial charge in [0.25, 0.3) is 0 Å². The lowest BCUT2D eigenvalue weighted by Gasteiger charge is -2.23. The highest BCUT2D eigenvalue weighted by Gasteiger charge is 2.39. The van der Waals surface area contributed by atoms with Gasteiger partial charge in [0, 0.05) is 13.1 Å². The molecule has 0 amide bonds. The van der Waals surface area contributed by atoms with Gasteiger partial charge in [-0.1, -0.05) is 12.8 Å². The van der Waals surface area contributed by atoms with E-state index in [1.165, 1.54) is 45.2 Å². The molecule has 1 spiro atoms. The first-order chi connectivity index (χ1) is 8.11. The second kappa shape index (κ2) is 5.36. The molecular formula is C13H25N3O. The Kier molecular flexibility index (Phi) is 4.05. The Morgan fingerprint density at radius 3 is 2.76 bits per heavy atom. The van der Waals surface area contributed by atoms with Crippen LogP contribution in [0.15, 0.2) is 0 Å². The van der Waals surface area contributed by atoms with Crippen molar-refractivity contribution in [1.82, 2.24) is 4.90 Å². The lowest BCUT2D eigenvalue weighted by Crippen LogP contribution is -2.32. The van der Waals surface area contributed by atoms with E-state index in [0.717, 1.165) is 6.54 Å². The molecule has 1 saturated carbocycles. The van der Waals surface area contributed by atoms with Gasteiger partial charge in [-0.2, -0.15) is 0 Å². The molecule has 2 rings (SSSR count). The molecule has 0 bridgehead atoms. The number of ether oxygens (including phenoxy) is 1. The van der Waals surface area contributed by atoms with Crippen LogP contribution in [-0.2, 0) is 4.74 Å². The Morgan fingerprint density at radius 2 is 2.12 bits per heavy atom. The molecule has 2 aliphatic rings. The molecule has 0 radical (unpaired) electrons. The first-order valence-electron chi connectivity index (χ1n) is 6.79. The van der Waals surface area contributed by atoms with Crippen LogP contribution in [0.2, 0.25) is 0 Å². The molecule has 1 aliphatic carbocycles. The van der Waals surface area contributed by atoms with Crippen molar-refractivity contribution in [2.24, 2.45) is 11.1 Å². The first-order valence-corrected chi connectivity index (χ1v) is 6.79. The van der Waals surface area contributed by atoms with Gasteiger partial charge in [-0.25, -0.2) is 0 Å². The zero-order valence-electron chi connectivity index (χ0n) is 10.9. The third kappa shape index (κ3) is 3.19. The predicted octanol–water partition coefficient (Wildman–Crippen LogP) is 1.59. The Bertz CT molecular complexity index is 274. The highest BCUT2D eigenvalue weighted by atomic mass is 16.5. The molecule has 0 aromatic heterocycles. The van der Waals surface area contributed by atoms with Gasteiger partial charge >= 0.3 is 0 Å². The number of nitrogens with zero attached hydrogens (tertiary/aromatic N) is 1. The van der Waals surface area contributed by atoms with Gasteiger partial charge in [-0.15, -0.1) is 0 Å². The van der Waals surface area contributed by atoms with Crippen LogP contribution in [0.3, 0.4) is 0 Å². The van der Waals surface area contributed by atoms with Crippen molar-refractivity contribution in [3.63, 3.8) is 0 Å². The van der Waals surface area contributed by atoms with E-state index in [0.29, 0.717) is 12.0 Å². The maximum absolute atomic E-state index is 7.26. The summed E-state index contributed by atoms with van der Waals surface area (Å²) in [6, 6.07) is 0. The molecule has 1 saturated heterocycles. The SMILES string of the molecule is CC(OCCN1CCC2(CCCC2)C1)C(=N)N. The summed E-state index contributed by atoms with van der Waals surface area (Å²) in [6.07, 6.45) is 6.83. The standard InChI is InChI=1S/C13H25N3O/c1-11(12(14)15)17-9-8-16-7-6-13(10-16)4-2-3-5-13/h11H,2-10H2,1H3,(H3,14,15). The molecule has 4 heteroatoms. The molecular weight excluding hydrogens is 214 g/mol. The van der Waals surface area contributed by atoms with Crippen LogP contribution in [0.4, 0.5) is 0 Å². The summed E-state index contributed by atoms with van der Waals surface area (Å²) in [6.45, 7) is 5.99. The van der Waals surface area contributed by atoms with E-state index in [1.54, 1.807) is 0 Å². The smallest absolute Gasteiger partial charge is 0.120 e. The number of nitrogens with one attached hydrogen (secondary N) is 1. The molecule has 1 atom stereocenters. The van der Waals surface area contributed by atoms with E-state index in [-0.39, 0.29) is 11.9 Å². The Labute approximate surface area is 104 Å². The van der Waals surface area contributed by atoms with Crippen molar-refractivity contribution >= 4 is 5.84 Å². The molecule has 0 aromatic carbocycles. The van der Waals surface area contributed by atoms with Gasteiger partial charge in [-0.05, 0) is 38.1 Å². The summed E-state index contributed by atoms with van der Waals surface area (Å²) < 4.78 is 5.53. The third-order valence-corrected chi connectivity index (χ3v) is 4.39. The molecule has 98 valence electrons. The monoisotopic (exact) mass is 239 g/mol. The van der Waals surface area contributed by atoms with Crippen LogP contribution < -0.4 is 5.73 Å². The maximum Gasteiger partial charge on any atom is 0.120 e. The van der Waals surface area contributed by atoms with Crippen molar-refractivity contribution in [1.29, 1.82) is 5.41 Å². The number of nitrogens with two attached hydrogens (primary N) is 1. The topological polar surface area (TPSA) is 62.3 Å². The van der Waals surface area contributed by atoms with E-state index < -0.39 is 0 Å². The average molecular weight is 239 g/mol. The Morgan fingerprint density at radius 1 is 1.41 bits per heavy atom. The lowest BCUT2D eigenvalue weighted by atomic mass is 9.86. The van der Waals surface area contributed by atoms with E-state index in [1.807, 2.05) is 6.92 Å². The minimum absolute atomic E-state index is 0.124. The summed E-state index contributed by atoms with van der Waals surface area (Å²) >= 11 is 0. The Hall–Kier alpha value is -0.610. The summed E-state index contributed by atoms with van der Waals surface area (Å²) in [4.78, 5) is 2.51. The second-order valence-electron chi connectivity index (χ2n) is 5.70. The van der Waals surface area contributed by atoms with E-state index >= 15 is 0 Å². The predicted molar refractivity (Wildman–Crippen MR) is 69.3 cm³/mol. The van der Waals surface area contributed by atoms with Crippen molar-refractivity contribution < 1.29 is 4.74 Å². The molecule has 1 heterocycles. The quantitative estimate of drug-likeness (QED) is 0.566.